The van der Waals surface area contributed by atoms with Crippen molar-refractivity contribution in [3.05, 3.63) is 23.8 Å². The van der Waals surface area contributed by atoms with Gasteiger partial charge in [0.1, 0.15) is 5.75 Å². The largest absolute Gasteiger partial charge is 0.481 e. The second kappa shape index (κ2) is 7.55. The van der Waals surface area contributed by atoms with Gasteiger partial charge in [-0.2, -0.15) is 0 Å². The van der Waals surface area contributed by atoms with Crippen LogP contribution < -0.4 is 9.64 Å². The van der Waals surface area contributed by atoms with E-state index < -0.39 is 11.6 Å². The van der Waals surface area contributed by atoms with Crippen LogP contribution >= 0.6 is 0 Å². The number of hydrogen-bond donors (Lipinski definition) is 1. The minimum Gasteiger partial charge on any atom is -0.481 e. The van der Waals surface area contributed by atoms with Crippen LogP contribution in [0.5, 0.6) is 5.75 Å². The van der Waals surface area contributed by atoms with Gasteiger partial charge in [0.05, 0.1) is 18.7 Å². The van der Waals surface area contributed by atoms with Gasteiger partial charge in [-0.3, -0.25) is 14.4 Å². The number of carbonyl (C=O) groups excluding carboxylic acids is 2. The van der Waals surface area contributed by atoms with Gasteiger partial charge >= 0.3 is 11.9 Å². The van der Waals surface area contributed by atoms with Gasteiger partial charge in [0.15, 0.2) is 5.60 Å². The van der Waals surface area contributed by atoms with E-state index in [-0.39, 0.29) is 24.7 Å². The molecule has 0 spiro atoms. The lowest BCUT2D eigenvalue weighted by atomic mass is 10.0. The van der Waals surface area contributed by atoms with Crippen molar-refractivity contribution in [1.82, 2.24) is 0 Å². The van der Waals surface area contributed by atoms with Crippen molar-refractivity contribution in [3.8, 4) is 5.75 Å². The number of amides is 1. The number of esters is 1. The molecule has 0 atom stereocenters. The van der Waals surface area contributed by atoms with Gasteiger partial charge < -0.3 is 19.5 Å². The van der Waals surface area contributed by atoms with Gasteiger partial charge in [-0.1, -0.05) is 6.07 Å². The van der Waals surface area contributed by atoms with Gasteiger partial charge in [-0.05, 0) is 44.9 Å². The fourth-order valence-electron chi connectivity index (χ4n) is 2.73. The maximum atomic E-state index is 12.7. The predicted octanol–water partition coefficient (Wildman–Crippen LogP) is 2.16. The fraction of sp³-hybridized carbons (Fsp3) is 0.500. The number of benzene rings is 1. The Labute approximate surface area is 146 Å². The van der Waals surface area contributed by atoms with Crippen molar-refractivity contribution in [2.45, 2.75) is 45.6 Å². The number of carboxylic acids is 1. The first-order valence-corrected chi connectivity index (χ1v) is 8.26. The van der Waals surface area contributed by atoms with E-state index in [1.54, 1.807) is 43.9 Å². The molecule has 25 heavy (non-hydrogen) atoms. The zero-order valence-corrected chi connectivity index (χ0v) is 14.7. The van der Waals surface area contributed by atoms with Crippen molar-refractivity contribution in [3.63, 3.8) is 0 Å². The Balaban J connectivity index is 2.23. The number of carboxylic acid groups (broad SMARTS) is 1. The molecule has 1 amide bonds. The zero-order valence-electron chi connectivity index (χ0n) is 14.7. The van der Waals surface area contributed by atoms with Gasteiger partial charge in [0.2, 0.25) is 0 Å². The number of carbonyl (C=O) groups is 3. The third-order valence-corrected chi connectivity index (χ3v) is 3.86. The molecule has 1 N–H and O–H groups in total. The number of anilines is 1. The first-order chi connectivity index (χ1) is 11.7. The first-order valence-electron chi connectivity index (χ1n) is 8.26. The Hall–Kier alpha value is -2.57. The summed E-state index contributed by atoms with van der Waals surface area (Å²) < 4.78 is 10.7. The van der Waals surface area contributed by atoms with E-state index in [1.165, 1.54) is 0 Å². The molecule has 2 rings (SSSR count). The molecule has 0 bridgehead atoms. The van der Waals surface area contributed by atoms with Crippen LogP contribution in [0, 0.1) is 0 Å². The van der Waals surface area contributed by atoms with Gasteiger partial charge in [0, 0.05) is 13.0 Å². The number of fused-ring (bicyclic) bond motifs is 1. The topological polar surface area (TPSA) is 93.1 Å². The summed E-state index contributed by atoms with van der Waals surface area (Å²) in [7, 11) is 0. The molecular weight excluding hydrogens is 326 g/mol. The quantitative estimate of drug-likeness (QED) is 0.758. The highest BCUT2D eigenvalue weighted by atomic mass is 16.5. The van der Waals surface area contributed by atoms with Gasteiger partial charge in [0.25, 0.3) is 5.91 Å². The number of rotatable bonds is 7. The summed E-state index contributed by atoms with van der Waals surface area (Å²) in [5, 5.41) is 8.96. The Morgan fingerprint density at radius 3 is 2.68 bits per heavy atom. The van der Waals surface area contributed by atoms with E-state index in [9.17, 15) is 14.4 Å². The van der Waals surface area contributed by atoms with Crippen LogP contribution in [0.2, 0.25) is 0 Å². The fourth-order valence-corrected chi connectivity index (χ4v) is 2.73. The lowest BCUT2D eigenvalue weighted by Gasteiger charge is -2.39. The van der Waals surface area contributed by atoms with Crippen LogP contribution in [0.15, 0.2) is 18.2 Å². The van der Waals surface area contributed by atoms with E-state index in [2.05, 4.69) is 0 Å². The number of hydrogen-bond acceptors (Lipinski definition) is 5. The van der Waals surface area contributed by atoms with Gasteiger partial charge in [-0.15, -0.1) is 0 Å². The molecule has 1 heterocycles. The normalized spacial score (nSPS) is 15.3. The molecule has 1 aromatic carbocycles. The van der Waals surface area contributed by atoms with Crippen LogP contribution in [0.25, 0.3) is 0 Å². The maximum Gasteiger partial charge on any atom is 0.307 e. The Kier molecular flexibility index (Phi) is 5.66. The number of ether oxygens (including phenoxy) is 2. The SMILES string of the molecule is CCOC(=O)CCCN1C(=O)C(C)(C)Oc2ccc(CC(=O)O)cc21. The molecule has 7 heteroatoms. The molecule has 7 nitrogen and oxygen atoms in total. The van der Waals surface area contributed by atoms with Crippen LogP contribution in [-0.2, 0) is 25.5 Å². The Morgan fingerprint density at radius 1 is 1.32 bits per heavy atom. The Morgan fingerprint density at radius 2 is 2.04 bits per heavy atom. The first kappa shape index (κ1) is 18.8. The number of nitrogens with zero attached hydrogens (tertiary/aromatic N) is 1. The van der Waals surface area contributed by atoms with Crippen molar-refractivity contribution in [2.24, 2.45) is 0 Å². The molecule has 0 fully saturated rings. The summed E-state index contributed by atoms with van der Waals surface area (Å²) in [5.74, 6) is -0.953. The summed E-state index contributed by atoms with van der Waals surface area (Å²) in [6.07, 6.45) is 0.522. The molecule has 136 valence electrons. The summed E-state index contributed by atoms with van der Waals surface area (Å²) >= 11 is 0. The van der Waals surface area contributed by atoms with Crippen molar-refractivity contribution in [1.29, 1.82) is 0 Å². The van der Waals surface area contributed by atoms with Crippen molar-refractivity contribution < 1.29 is 29.0 Å². The average molecular weight is 349 g/mol. The molecule has 1 aliphatic rings. The molecular formula is C18H23NO6. The molecule has 0 radical (unpaired) electrons. The minimum absolute atomic E-state index is 0.137. The smallest absolute Gasteiger partial charge is 0.307 e. The average Bonchev–Trinajstić information content (AvgIpc) is 2.51. The highest BCUT2D eigenvalue weighted by Crippen LogP contribution is 2.38. The molecule has 1 aromatic rings. The third kappa shape index (κ3) is 4.49. The number of aliphatic carboxylic acids is 1. The summed E-state index contributed by atoms with van der Waals surface area (Å²) in [5.41, 5.74) is 0.0929. The summed E-state index contributed by atoms with van der Waals surface area (Å²) in [6.45, 7) is 5.76. The van der Waals surface area contributed by atoms with Gasteiger partial charge in [-0.25, -0.2) is 0 Å². The van der Waals surface area contributed by atoms with Crippen LogP contribution in [-0.4, -0.2) is 41.7 Å². The molecule has 0 aromatic heterocycles. The van der Waals surface area contributed by atoms with E-state index in [0.29, 0.717) is 36.6 Å². The summed E-state index contributed by atoms with van der Waals surface area (Å²) in [6, 6.07) is 5.01. The monoisotopic (exact) mass is 349 g/mol. The minimum atomic E-state index is -1.02. The molecule has 0 saturated carbocycles. The highest BCUT2D eigenvalue weighted by molar-refractivity contribution is 6.02. The van der Waals surface area contributed by atoms with Crippen LogP contribution in [0.1, 0.15) is 39.2 Å². The lowest BCUT2D eigenvalue weighted by Crippen LogP contribution is -2.52. The lowest BCUT2D eigenvalue weighted by molar-refractivity contribution is -0.143. The highest BCUT2D eigenvalue weighted by Gasteiger charge is 2.40. The second-order valence-electron chi connectivity index (χ2n) is 6.35. The van der Waals surface area contributed by atoms with Crippen LogP contribution in [0.3, 0.4) is 0 Å². The maximum absolute atomic E-state index is 12.7. The molecule has 1 aliphatic heterocycles. The zero-order chi connectivity index (χ0) is 18.6. The van der Waals surface area contributed by atoms with E-state index in [4.69, 9.17) is 14.6 Å². The molecule has 0 aliphatic carbocycles. The van der Waals surface area contributed by atoms with Crippen molar-refractivity contribution >= 4 is 23.5 Å². The predicted molar refractivity (Wildman–Crippen MR) is 90.7 cm³/mol. The molecule has 0 unspecified atom stereocenters. The summed E-state index contributed by atoms with van der Waals surface area (Å²) in [4.78, 5) is 36.7. The Bertz CT molecular complexity index is 682. The van der Waals surface area contributed by atoms with E-state index >= 15 is 0 Å². The van der Waals surface area contributed by atoms with E-state index in [1.807, 2.05) is 0 Å². The molecule has 0 saturated heterocycles. The second-order valence-corrected chi connectivity index (χ2v) is 6.35. The van der Waals surface area contributed by atoms with Crippen LogP contribution in [0.4, 0.5) is 5.69 Å². The standard InChI is InChI=1S/C18H23NO6/c1-4-24-16(22)6-5-9-19-13-10-12(11-15(20)21)7-8-14(13)25-18(2,3)17(19)23/h7-8,10H,4-6,9,11H2,1-3H3,(H,20,21). The third-order valence-electron chi connectivity index (χ3n) is 3.86. The van der Waals surface area contributed by atoms with E-state index in [0.717, 1.165) is 0 Å². The van der Waals surface area contributed by atoms with Crippen molar-refractivity contribution in [2.75, 3.05) is 18.1 Å².